The smallest absolute Gasteiger partial charge is 0.189 e. The molecule has 0 N–H and O–H groups in total. The van der Waals surface area contributed by atoms with Crippen LogP contribution in [0.3, 0.4) is 0 Å². The van der Waals surface area contributed by atoms with E-state index in [1.807, 2.05) is 78.9 Å². The van der Waals surface area contributed by atoms with Crippen LogP contribution in [-0.4, -0.2) is 21.3 Å². The zero-order valence-electron chi connectivity index (χ0n) is 26.7. The Labute approximate surface area is 293 Å². The topological polar surface area (TPSA) is 68.3 Å². The average Bonchev–Trinajstić information content (AvgIpc) is 3.19. The van der Waals surface area contributed by atoms with E-state index in [0.717, 1.165) is 44.5 Å². The molecule has 9 rings (SSSR count). The van der Waals surface area contributed by atoms with Crippen LogP contribution in [0.15, 0.2) is 167 Å². The number of allylic oxidation sites excluding steroid dienone is 8. The molecule has 0 amide bonds. The molecule has 1 atom stereocenters. The first kappa shape index (κ1) is 30.5. The van der Waals surface area contributed by atoms with E-state index in [0.29, 0.717) is 42.6 Å². The molecular weight excluding hydrogens is 657 g/mol. The van der Waals surface area contributed by atoms with Gasteiger partial charge in [-0.3, -0.25) is 9.59 Å². The SMILES string of the molecule is O=C1C2=CC=C(c3cccc(-c4cccc(-c5cccc(-c6ccc7c(c6)[S-](=O)=C6C=CC=CC6C7=O)c5)c4)c3)CC2=[S-](=O)c2ccccc21. The van der Waals surface area contributed by atoms with Crippen molar-refractivity contribution in [1.82, 2.24) is 0 Å². The van der Waals surface area contributed by atoms with E-state index in [2.05, 4.69) is 54.6 Å². The van der Waals surface area contributed by atoms with E-state index in [-0.39, 0.29) is 11.6 Å². The fourth-order valence-electron chi connectivity index (χ4n) is 7.19. The number of ketones is 2. The maximum absolute atomic E-state index is 13.5. The highest BCUT2D eigenvalue weighted by Crippen LogP contribution is 2.36. The van der Waals surface area contributed by atoms with Crippen molar-refractivity contribution < 1.29 is 18.0 Å². The number of fused-ring (bicyclic) bond motifs is 4. The van der Waals surface area contributed by atoms with Gasteiger partial charge in [0.15, 0.2) is 11.6 Å². The Kier molecular flexibility index (Phi) is 7.37. The second-order valence-electron chi connectivity index (χ2n) is 12.7. The van der Waals surface area contributed by atoms with E-state index in [1.165, 1.54) is 0 Å². The molecule has 2 aliphatic heterocycles. The molecule has 0 saturated carbocycles. The number of benzene rings is 5. The molecule has 0 bridgehead atoms. The zero-order valence-corrected chi connectivity index (χ0v) is 28.3. The van der Waals surface area contributed by atoms with Gasteiger partial charge in [-0.15, -0.1) is 19.5 Å². The predicted octanol–water partition coefficient (Wildman–Crippen LogP) is 9.23. The Bertz CT molecular complexity index is 2650. The second-order valence-corrected chi connectivity index (χ2v) is 15.6. The van der Waals surface area contributed by atoms with Crippen LogP contribution < -0.4 is 0 Å². The summed E-state index contributed by atoms with van der Waals surface area (Å²) in [5.41, 5.74) is 9.72. The quantitative estimate of drug-likeness (QED) is 0.140. The van der Waals surface area contributed by atoms with Gasteiger partial charge in [-0.1, -0.05) is 134 Å². The largest absolute Gasteiger partial charge is 0.457 e. The van der Waals surface area contributed by atoms with E-state index >= 15 is 0 Å². The summed E-state index contributed by atoms with van der Waals surface area (Å²) >= 11 is 0. The van der Waals surface area contributed by atoms with Crippen LogP contribution >= 0.6 is 0 Å². The van der Waals surface area contributed by atoms with Gasteiger partial charge < -0.3 is 8.42 Å². The van der Waals surface area contributed by atoms with E-state index < -0.39 is 26.7 Å². The lowest BCUT2D eigenvalue weighted by molar-refractivity contribution is 0.0968. The van der Waals surface area contributed by atoms with Crippen LogP contribution in [0, 0.1) is 5.92 Å². The number of hydrogen-bond donors (Lipinski definition) is 0. The number of hydrogen-bond acceptors (Lipinski definition) is 6. The molecule has 0 aromatic heterocycles. The molecular formula is C44H28O4S2-2. The van der Waals surface area contributed by atoms with Crippen molar-refractivity contribution in [2.75, 3.05) is 0 Å². The van der Waals surface area contributed by atoms with Crippen molar-refractivity contribution in [3.05, 3.63) is 174 Å². The van der Waals surface area contributed by atoms with Crippen LogP contribution in [0.5, 0.6) is 0 Å². The average molecular weight is 685 g/mol. The lowest BCUT2D eigenvalue weighted by Crippen LogP contribution is -2.29. The summed E-state index contributed by atoms with van der Waals surface area (Å²) in [7, 11) is -2.79. The van der Waals surface area contributed by atoms with Gasteiger partial charge in [-0.05, 0) is 69.1 Å². The molecule has 242 valence electrons. The Hall–Kier alpha value is -5.56. The monoisotopic (exact) mass is 684 g/mol. The van der Waals surface area contributed by atoms with Gasteiger partial charge in [0.25, 0.3) is 0 Å². The highest BCUT2D eigenvalue weighted by atomic mass is 32.2. The standard InChI is InChI=1S/C44H28O4S2/c45-43-35-14-1-3-16-39(35)49(47)41-25-33(18-20-37(41)43)31-12-6-10-29(23-31)27-8-5-9-28(22-27)30-11-7-13-32(24-30)34-19-21-38-42(26-34)50(48)40-17-4-2-15-36(40)44(38)46/h1-25,35H,26H2/q-2. The molecule has 2 aliphatic carbocycles. The molecule has 0 fully saturated rings. The van der Waals surface area contributed by atoms with Gasteiger partial charge in [0.05, 0.1) is 0 Å². The molecule has 2 heterocycles. The van der Waals surface area contributed by atoms with E-state index in [1.54, 1.807) is 18.2 Å². The fraction of sp³-hybridized carbons (Fsp3) is 0.0455. The van der Waals surface area contributed by atoms with Crippen molar-refractivity contribution in [3.8, 4) is 33.4 Å². The minimum absolute atomic E-state index is 0.0130. The molecule has 0 saturated heterocycles. The van der Waals surface area contributed by atoms with Crippen molar-refractivity contribution in [3.63, 3.8) is 0 Å². The van der Waals surface area contributed by atoms with Crippen molar-refractivity contribution in [2.45, 2.75) is 16.2 Å². The highest BCUT2D eigenvalue weighted by molar-refractivity contribution is 7.86. The van der Waals surface area contributed by atoms with Crippen LogP contribution in [0.4, 0.5) is 0 Å². The van der Waals surface area contributed by atoms with Gasteiger partial charge >= 0.3 is 0 Å². The molecule has 0 spiro atoms. The lowest BCUT2D eigenvalue weighted by Gasteiger charge is -2.30. The van der Waals surface area contributed by atoms with Crippen molar-refractivity contribution >= 4 is 47.6 Å². The summed E-state index contributed by atoms with van der Waals surface area (Å²) in [4.78, 5) is 28.8. The third-order valence-electron chi connectivity index (χ3n) is 9.79. The Morgan fingerprint density at radius 1 is 0.540 bits per heavy atom. The third-order valence-corrected chi connectivity index (χ3v) is 12.9. The van der Waals surface area contributed by atoms with Crippen LogP contribution in [0.2, 0.25) is 0 Å². The van der Waals surface area contributed by atoms with E-state index in [4.69, 9.17) is 0 Å². The van der Waals surface area contributed by atoms with Crippen molar-refractivity contribution in [1.29, 1.82) is 0 Å². The van der Waals surface area contributed by atoms with Crippen LogP contribution in [0.1, 0.15) is 32.7 Å². The minimum atomic E-state index is -1.40. The normalized spacial score (nSPS) is 18.2. The zero-order chi connectivity index (χ0) is 33.9. The first-order valence-electron chi connectivity index (χ1n) is 16.4. The molecule has 4 aliphatic rings. The maximum Gasteiger partial charge on any atom is 0.189 e. The molecule has 5 aromatic carbocycles. The number of Topliss-reactive ketones (excluding diaryl/α,β-unsaturated/α-hetero) is 2. The summed E-state index contributed by atoms with van der Waals surface area (Å²) < 4.78 is 27.0. The highest BCUT2D eigenvalue weighted by Gasteiger charge is 2.26. The van der Waals surface area contributed by atoms with Gasteiger partial charge in [0, 0.05) is 22.6 Å². The van der Waals surface area contributed by atoms with Crippen LogP contribution in [-0.2, 0) is 29.2 Å². The van der Waals surface area contributed by atoms with Gasteiger partial charge in [-0.25, -0.2) is 20.8 Å². The first-order chi connectivity index (χ1) is 24.4. The third kappa shape index (κ3) is 5.02. The maximum atomic E-state index is 13.5. The van der Waals surface area contributed by atoms with Gasteiger partial charge in [0.1, 0.15) is 0 Å². The lowest BCUT2D eigenvalue weighted by atomic mass is 9.88. The predicted molar refractivity (Wildman–Crippen MR) is 203 cm³/mol. The molecule has 0 radical (unpaired) electrons. The molecule has 6 heteroatoms. The molecule has 4 nitrogen and oxygen atoms in total. The fourth-order valence-corrected chi connectivity index (χ4v) is 10.1. The Morgan fingerprint density at radius 2 is 1.16 bits per heavy atom. The van der Waals surface area contributed by atoms with Crippen LogP contribution in [0.25, 0.3) is 39.0 Å². The number of carbonyl (C=O) groups is 2. The number of rotatable bonds is 4. The minimum Gasteiger partial charge on any atom is -0.457 e. The number of carbonyl (C=O) groups excluding carboxylic acids is 2. The summed E-state index contributed by atoms with van der Waals surface area (Å²) in [6.45, 7) is 0. The van der Waals surface area contributed by atoms with E-state index in [9.17, 15) is 18.0 Å². The molecule has 1 unspecified atom stereocenters. The second kappa shape index (κ2) is 12.1. The summed E-state index contributed by atoms with van der Waals surface area (Å²) in [6, 6.07) is 37.8. The summed E-state index contributed by atoms with van der Waals surface area (Å²) in [6.07, 6.45) is 11.5. The Morgan fingerprint density at radius 3 is 1.86 bits per heavy atom. The van der Waals surface area contributed by atoms with Gasteiger partial charge in [-0.2, -0.15) is 0 Å². The summed E-state index contributed by atoms with van der Waals surface area (Å²) in [5, 5.41) is 0. The Balaban J connectivity index is 1.02. The van der Waals surface area contributed by atoms with Crippen molar-refractivity contribution in [2.24, 2.45) is 5.92 Å². The van der Waals surface area contributed by atoms with Gasteiger partial charge in [0.2, 0.25) is 0 Å². The molecule has 50 heavy (non-hydrogen) atoms. The summed E-state index contributed by atoms with van der Waals surface area (Å²) in [5.74, 6) is -0.533. The molecule has 5 aromatic rings. The first-order valence-corrected chi connectivity index (χ1v) is 18.7.